The second-order valence-electron chi connectivity index (χ2n) is 11.9. The quantitative estimate of drug-likeness (QED) is 0.548. The van der Waals surface area contributed by atoms with E-state index in [-0.39, 0.29) is 47.3 Å². The summed E-state index contributed by atoms with van der Waals surface area (Å²) in [6.45, 7) is 10.9. The second kappa shape index (κ2) is 9.59. The van der Waals surface area contributed by atoms with Crippen LogP contribution in [0, 0.1) is 45.8 Å². The Kier molecular flexibility index (Phi) is 7.30. The Morgan fingerprint density at radius 1 is 1.34 bits per heavy atom. The predicted molar refractivity (Wildman–Crippen MR) is 130 cm³/mol. The number of fused-ring (bicyclic) bond motifs is 1. The molecule has 3 rings (SSSR count). The topological polar surface area (TPSA) is 135 Å². The number of carbonyl (C=O) groups is 4. The van der Waals surface area contributed by atoms with Crippen molar-refractivity contribution in [3.05, 3.63) is 0 Å². The molecule has 35 heavy (non-hydrogen) atoms. The first-order valence-corrected chi connectivity index (χ1v) is 12.2. The number of likely N-dealkylation sites (tertiary alicyclic amines) is 1. The Hall–Kier alpha value is -2.96. The highest BCUT2D eigenvalue weighted by Crippen LogP contribution is 2.65. The van der Waals surface area contributed by atoms with Gasteiger partial charge in [0.1, 0.15) is 12.1 Å². The molecule has 0 aromatic heterocycles. The zero-order valence-electron chi connectivity index (χ0n) is 21.8. The van der Waals surface area contributed by atoms with Crippen molar-refractivity contribution in [3.63, 3.8) is 0 Å². The van der Waals surface area contributed by atoms with Gasteiger partial charge in [0, 0.05) is 39.3 Å². The highest BCUT2D eigenvalue weighted by molar-refractivity contribution is 6.00. The summed E-state index contributed by atoms with van der Waals surface area (Å²) in [5.41, 5.74) is -0.611. The van der Waals surface area contributed by atoms with Crippen LogP contribution < -0.4 is 10.6 Å². The first-order chi connectivity index (χ1) is 16.2. The molecule has 2 heterocycles. The SMILES string of the molecule is CN(C)C(=O)N=CC(C(=O)N1C[C@H]2C([C@H]1C(=O)N[C@H](C#N)C[C@@H]1CCNC1=O)C2(C)C)C(C)(C)C. The highest BCUT2D eigenvalue weighted by Gasteiger charge is 2.69. The van der Waals surface area contributed by atoms with Gasteiger partial charge in [-0.05, 0) is 35.5 Å². The first kappa shape index (κ1) is 26.6. The van der Waals surface area contributed by atoms with Gasteiger partial charge in [0.05, 0.1) is 12.0 Å². The molecular weight excluding hydrogens is 448 g/mol. The molecule has 6 atom stereocenters. The lowest BCUT2D eigenvalue weighted by Crippen LogP contribution is -2.54. The van der Waals surface area contributed by atoms with Gasteiger partial charge in [-0.15, -0.1) is 0 Å². The fourth-order valence-electron chi connectivity index (χ4n) is 5.46. The van der Waals surface area contributed by atoms with E-state index in [1.165, 1.54) is 11.1 Å². The monoisotopic (exact) mass is 486 g/mol. The number of nitriles is 1. The van der Waals surface area contributed by atoms with Crippen LogP contribution in [0.2, 0.25) is 0 Å². The molecule has 5 amide bonds. The molecular formula is C25H38N6O4. The molecule has 0 aromatic carbocycles. The lowest BCUT2D eigenvalue weighted by molar-refractivity contribution is -0.144. The Morgan fingerprint density at radius 2 is 2.00 bits per heavy atom. The van der Waals surface area contributed by atoms with Crippen molar-refractivity contribution in [1.29, 1.82) is 5.26 Å². The van der Waals surface area contributed by atoms with Crippen LogP contribution in [0.15, 0.2) is 4.99 Å². The van der Waals surface area contributed by atoms with Gasteiger partial charge in [-0.25, -0.2) is 9.79 Å². The Bertz CT molecular complexity index is 960. The number of nitrogens with one attached hydrogen (secondary N) is 2. The summed E-state index contributed by atoms with van der Waals surface area (Å²) < 4.78 is 0. The number of urea groups is 1. The van der Waals surface area contributed by atoms with Crippen molar-refractivity contribution in [3.8, 4) is 6.07 Å². The third-order valence-electron chi connectivity index (χ3n) is 7.83. The molecule has 2 aliphatic heterocycles. The Labute approximate surface area is 207 Å². The van der Waals surface area contributed by atoms with E-state index in [1.54, 1.807) is 19.0 Å². The van der Waals surface area contributed by atoms with E-state index in [0.717, 1.165) is 0 Å². The maximum absolute atomic E-state index is 13.8. The molecule has 10 nitrogen and oxygen atoms in total. The van der Waals surface area contributed by atoms with Gasteiger partial charge in [-0.1, -0.05) is 34.6 Å². The number of nitrogens with zero attached hydrogens (tertiary/aromatic N) is 4. The van der Waals surface area contributed by atoms with E-state index < -0.39 is 29.4 Å². The van der Waals surface area contributed by atoms with Crippen LogP contribution in [0.1, 0.15) is 47.5 Å². The van der Waals surface area contributed by atoms with Crippen molar-refractivity contribution < 1.29 is 19.2 Å². The van der Waals surface area contributed by atoms with Crippen LogP contribution in [0.5, 0.6) is 0 Å². The Morgan fingerprint density at radius 3 is 2.51 bits per heavy atom. The maximum atomic E-state index is 13.8. The normalized spacial score (nSPS) is 28.6. The fourth-order valence-corrected chi connectivity index (χ4v) is 5.46. The van der Waals surface area contributed by atoms with Gasteiger partial charge in [-0.2, -0.15) is 5.26 Å². The summed E-state index contributed by atoms with van der Waals surface area (Å²) in [5, 5.41) is 15.2. The average Bonchev–Trinajstić information content (AvgIpc) is 3.11. The average molecular weight is 487 g/mol. The number of hydrogen-bond donors (Lipinski definition) is 2. The van der Waals surface area contributed by atoms with Gasteiger partial charge >= 0.3 is 6.03 Å². The number of piperidine rings is 1. The van der Waals surface area contributed by atoms with E-state index in [1.807, 2.05) is 20.8 Å². The number of rotatable bonds is 6. The molecule has 2 saturated heterocycles. The molecule has 1 saturated carbocycles. The summed E-state index contributed by atoms with van der Waals surface area (Å²) in [4.78, 5) is 58.1. The molecule has 10 heteroatoms. The molecule has 0 spiro atoms. The van der Waals surface area contributed by atoms with Crippen molar-refractivity contribution in [1.82, 2.24) is 20.4 Å². The van der Waals surface area contributed by atoms with E-state index in [2.05, 4.69) is 35.5 Å². The van der Waals surface area contributed by atoms with Gasteiger partial charge in [0.2, 0.25) is 17.7 Å². The van der Waals surface area contributed by atoms with Gasteiger partial charge in [0.25, 0.3) is 0 Å². The smallest absolute Gasteiger partial charge is 0.342 e. The molecule has 0 bridgehead atoms. The fraction of sp³-hybridized carbons (Fsp3) is 0.760. The highest BCUT2D eigenvalue weighted by atomic mass is 16.2. The van der Waals surface area contributed by atoms with Crippen molar-refractivity contribution >= 4 is 30.0 Å². The Balaban J connectivity index is 1.81. The number of amides is 5. The maximum Gasteiger partial charge on any atom is 0.342 e. The molecule has 0 aromatic rings. The lowest BCUT2D eigenvalue weighted by atomic mass is 9.80. The number of hydrogen-bond acceptors (Lipinski definition) is 5. The lowest BCUT2D eigenvalue weighted by Gasteiger charge is -2.36. The molecule has 2 N–H and O–H groups in total. The zero-order valence-corrected chi connectivity index (χ0v) is 21.8. The van der Waals surface area contributed by atoms with Gasteiger partial charge in [-0.3, -0.25) is 14.4 Å². The van der Waals surface area contributed by atoms with Crippen LogP contribution in [-0.4, -0.2) is 79.0 Å². The summed E-state index contributed by atoms with van der Waals surface area (Å²) >= 11 is 0. The van der Waals surface area contributed by atoms with E-state index in [4.69, 9.17) is 0 Å². The molecule has 192 valence electrons. The minimum absolute atomic E-state index is 0.0125. The third kappa shape index (κ3) is 5.34. The summed E-state index contributed by atoms with van der Waals surface area (Å²) in [5.74, 6) is -1.54. The molecule has 3 fully saturated rings. The van der Waals surface area contributed by atoms with Crippen LogP contribution in [0.3, 0.4) is 0 Å². The number of aliphatic imine (C=N–C) groups is 1. The van der Waals surface area contributed by atoms with Crippen molar-refractivity contribution in [2.24, 2.45) is 39.5 Å². The molecule has 3 aliphatic rings. The first-order valence-electron chi connectivity index (χ1n) is 12.2. The van der Waals surface area contributed by atoms with Crippen LogP contribution in [0.25, 0.3) is 0 Å². The minimum Gasteiger partial charge on any atom is -0.356 e. The largest absolute Gasteiger partial charge is 0.356 e. The van der Waals surface area contributed by atoms with Crippen molar-refractivity contribution in [2.45, 2.75) is 59.5 Å². The predicted octanol–water partition coefficient (Wildman–Crippen LogP) is 1.42. The van der Waals surface area contributed by atoms with Crippen LogP contribution >= 0.6 is 0 Å². The summed E-state index contributed by atoms with van der Waals surface area (Å²) in [6.07, 6.45) is 2.28. The summed E-state index contributed by atoms with van der Waals surface area (Å²) in [6, 6.07) is 0.127. The van der Waals surface area contributed by atoms with E-state index in [9.17, 15) is 24.4 Å². The van der Waals surface area contributed by atoms with Crippen LogP contribution in [-0.2, 0) is 14.4 Å². The summed E-state index contributed by atoms with van der Waals surface area (Å²) in [7, 11) is 3.18. The van der Waals surface area contributed by atoms with E-state index >= 15 is 0 Å². The third-order valence-corrected chi connectivity index (χ3v) is 7.83. The molecule has 1 aliphatic carbocycles. The number of carbonyl (C=O) groups excluding carboxylic acids is 4. The molecule has 2 unspecified atom stereocenters. The van der Waals surface area contributed by atoms with Crippen LogP contribution in [0.4, 0.5) is 4.79 Å². The minimum atomic E-state index is -0.813. The van der Waals surface area contributed by atoms with Gasteiger partial charge in [0.15, 0.2) is 0 Å². The second-order valence-corrected chi connectivity index (χ2v) is 11.9. The van der Waals surface area contributed by atoms with E-state index in [0.29, 0.717) is 19.5 Å². The molecule has 0 radical (unpaired) electrons. The zero-order chi connectivity index (χ0) is 26.3. The standard InChI is InChI=1S/C25H38N6O4/c1-24(2,3)16(12-28-23(35)30(6)7)22(34)31-13-17-18(25(17,4)5)19(31)21(33)29-15(11-26)10-14-8-9-27-20(14)32/h12,14-19H,8-10,13H2,1-7H3,(H,27,32)(H,29,33)/t14-,15-,16?,17-,18?,19-/m0/s1. The van der Waals surface area contributed by atoms with Crippen molar-refractivity contribution in [2.75, 3.05) is 27.2 Å². The van der Waals surface area contributed by atoms with Gasteiger partial charge < -0.3 is 20.4 Å².